The van der Waals surface area contributed by atoms with E-state index in [2.05, 4.69) is 6.07 Å². The van der Waals surface area contributed by atoms with Crippen LogP contribution >= 0.6 is 0 Å². The van der Waals surface area contributed by atoms with Gasteiger partial charge in [-0.05, 0) is 49.1 Å². The molecule has 0 amide bonds. The van der Waals surface area contributed by atoms with E-state index < -0.39 is 5.97 Å². The largest absolute Gasteiger partial charge is 0.496 e. The van der Waals surface area contributed by atoms with Crippen LogP contribution in [-0.2, 0) is 4.79 Å². The summed E-state index contributed by atoms with van der Waals surface area (Å²) >= 11 is 0. The Bertz CT molecular complexity index is 406. The number of hydrogen-bond donors (Lipinski definition) is 1. The Kier molecular flexibility index (Phi) is 4.24. The molecule has 0 atom stereocenters. The highest BCUT2D eigenvalue weighted by atomic mass is 16.5. The number of para-hydroxylation sites is 1. The van der Waals surface area contributed by atoms with Crippen molar-refractivity contribution in [2.75, 3.05) is 7.11 Å². The zero-order valence-corrected chi connectivity index (χ0v) is 10.8. The van der Waals surface area contributed by atoms with Crippen LogP contribution in [0.3, 0.4) is 0 Å². The van der Waals surface area contributed by atoms with Gasteiger partial charge < -0.3 is 9.84 Å². The van der Waals surface area contributed by atoms with E-state index in [0.29, 0.717) is 18.3 Å². The van der Waals surface area contributed by atoms with Gasteiger partial charge in [-0.15, -0.1) is 0 Å². The molecule has 3 heteroatoms. The monoisotopic (exact) mass is 248 g/mol. The van der Waals surface area contributed by atoms with Gasteiger partial charge in [-0.2, -0.15) is 0 Å². The van der Waals surface area contributed by atoms with Crippen LogP contribution in [0.15, 0.2) is 24.3 Å². The van der Waals surface area contributed by atoms with Crippen molar-refractivity contribution in [3.8, 4) is 5.75 Å². The Morgan fingerprint density at radius 1 is 1.28 bits per heavy atom. The minimum absolute atomic E-state index is 0.318. The fourth-order valence-electron chi connectivity index (χ4n) is 2.93. The maximum Gasteiger partial charge on any atom is 0.303 e. The summed E-state index contributed by atoms with van der Waals surface area (Å²) in [6, 6.07) is 8.15. The second kappa shape index (κ2) is 5.89. The van der Waals surface area contributed by atoms with E-state index in [0.717, 1.165) is 31.4 Å². The number of methoxy groups -OCH3 is 1. The van der Waals surface area contributed by atoms with Crippen LogP contribution in [0, 0.1) is 5.92 Å². The van der Waals surface area contributed by atoms with Crippen molar-refractivity contribution in [1.29, 1.82) is 0 Å². The molecule has 98 valence electrons. The highest BCUT2D eigenvalue weighted by Crippen LogP contribution is 2.40. The smallest absolute Gasteiger partial charge is 0.303 e. The van der Waals surface area contributed by atoms with Crippen molar-refractivity contribution in [3.63, 3.8) is 0 Å². The van der Waals surface area contributed by atoms with Gasteiger partial charge in [0.05, 0.1) is 7.11 Å². The SMILES string of the molecule is COc1ccccc1C1CCC(CC(=O)O)CC1. The summed E-state index contributed by atoms with van der Waals surface area (Å²) in [5, 5.41) is 8.81. The number of hydrogen-bond acceptors (Lipinski definition) is 2. The summed E-state index contributed by atoms with van der Waals surface area (Å²) < 4.78 is 5.40. The lowest BCUT2D eigenvalue weighted by atomic mass is 9.77. The maximum absolute atomic E-state index is 10.7. The Morgan fingerprint density at radius 3 is 2.56 bits per heavy atom. The Balaban J connectivity index is 1.99. The van der Waals surface area contributed by atoms with Gasteiger partial charge in [0, 0.05) is 6.42 Å². The van der Waals surface area contributed by atoms with Crippen LogP contribution in [0.1, 0.15) is 43.6 Å². The lowest BCUT2D eigenvalue weighted by Crippen LogP contribution is -2.16. The zero-order valence-electron chi connectivity index (χ0n) is 10.8. The van der Waals surface area contributed by atoms with Crippen LogP contribution in [0.25, 0.3) is 0 Å². The normalized spacial score (nSPS) is 23.6. The molecule has 0 radical (unpaired) electrons. The zero-order chi connectivity index (χ0) is 13.0. The first-order valence-corrected chi connectivity index (χ1v) is 6.55. The summed E-state index contributed by atoms with van der Waals surface area (Å²) in [4.78, 5) is 10.7. The van der Waals surface area contributed by atoms with Crippen molar-refractivity contribution in [2.24, 2.45) is 5.92 Å². The van der Waals surface area contributed by atoms with E-state index in [4.69, 9.17) is 9.84 Å². The van der Waals surface area contributed by atoms with Gasteiger partial charge in [-0.25, -0.2) is 0 Å². The van der Waals surface area contributed by atoms with E-state index in [9.17, 15) is 4.79 Å². The molecule has 1 fully saturated rings. The van der Waals surface area contributed by atoms with E-state index in [-0.39, 0.29) is 0 Å². The predicted octanol–water partition coefficient (Wildman–Crippen LogP) is 3.44. The number of rotatable bonds is 4. The lowest BCUT2D eigenvalue weighted by Gasteiger charge is -2.28. The van der Waals surface area contributed by atoms with Gasteiger partial charge in [0.2, 0.25) is 0 Å². The van der Waals surface area contributed by atoms with Gasteiger partial charge in [-0.3, -0.25) is 4.79 Å². The van der Waals surface area contributed by atoms with Gasteiger partial charge in [-0.1, -0.05) is 18.2 Å². The number of ether oxygens (including phenoxy) is 1. The third-order valence-corrected chi connectivity index (χ3v) is 3.89. The predicted molar refractivity (Wildman–Crippen MR) is 69.9 cm³/mol. The number of carboxylic acid groups (broad SMARTS) is 1. The first-order valence-electron chi connectivity index (χ1n) is 6.55. The van der Waals surface area contributed by atoms with Crippen molar-refractivity contribution in [2.45, 2.75) is 38.0 Å². The quantitative estimate of drug-likeness (QED) is 0.887. The minimum Gasteiger partial charge on any atom is -0.496 e. The number of benzene rings is 1. The van der Waals surface area contributed by atoms with Crippen molar-refractivity contribution in [1.82, 2.24) is 0 Å². The van der Waals surface area contributed by atoms with Gasteiger partial charge >= 0.3 is 5.97 Å². The molecular formula is C15H20O3. The molecule has 1 N–H and O–H groups in total. The second-order valence-electron chi connectivity index (χ2n) is 5.06. The summed E-state index contributed by atoms with van der Waals surface area (Å²) in [5.74, 6) is 1.16. The van der Waals surface area contributed by atoms with Crippen LogP contribution in [-0.4, -0.2) is 18.2 Å². The maximum atomic E-state index is 10.7. The summed E-state index contributed by atoms with van der Waals surface area (Å²) in [5.41, 5.74) is 1.27. The Hall–Kier alpha value is -1.51. The van der Waals surface area contributed by atoms with E-state index in [1.807, 2.05) is 18.2 Å². The van der Waals surface area contributed by atoms with E-state index in [1.165, 1.54) is 5.56 Å². The molecule has 1 saturated carbocycles. The first-order chi connectivity index (χ1) is 8.70. The van der Waals surface area contributed by atoms with Crippen LogP contribution in [0.4, 0.5) is 0 Å². The molecule has 18 heavy (non-hydrogen) atoms. The molecule has 1 aliphatic carbocycles. The Labute approximate surface area is 108 Å². The van der Waals surface area contributed by atoms with Gasteiger partial charge in [0.25, 0.3) is 0 Å². The highest BCUT2D eigenvalue weighted by Gasteiger charge is 2.25. The fraction of sp³-hybridized carbons (Fsp3) is 0.533. The highest BCUT2D eigenvalue weighted by molar-refractivity contribution is 5.67. The molecule has 0 aromatic heterocycles. The molecule has 0 unspecified atom stereocenters. The number of carboxylic acids is 1. The average molecular weight is 248 g/mol. The van der Waals surface area contributed by atoms with Crippen molar-refractivity contribution < 1.29 is 14.6 Å². The second-order valence-corrected chi connectivity index (χ2v) is 5.06. The molecule has 0 bridgehead atoms. The van der Waals surface area contributed by atoms with E-state index in [1.54, 1.807) is 7.11 Å². The molecule has 1 aromatic rings. The van der Waals surface area contributed by atoms with Crippen LogP contribution < -0.4 is 4.74 Å². The lowest BCUT2D eigenvalue weighted by molar-refractivity contribution is -0.138. The summed E-state index contributed by atoms with van der Waals surface area (Å²) in [7, 11) is 1.70. The third kappa shape index (κ3) is 3.03. The molecule has 1 aromatic carbocycles. The van der Waals surface area contributed by atoms with Gasteiger partial charge in [0.1, 0.15) is 5.75 Å². The topological polar surface area (TPSA) is 46.5 Å². The van der Waals surface area contributed by atoms with Crippen molar-refractivity contribution in [3.05, 3.63) is 29.8 Å². The molecule has 3 nitrogen and oxygen atoms in total. The summed E-state index contributed by atoms with van der Waals surface area (Å²) in [6.07, 6.45) is 4.47. The average Bonchev–Trinajstić information content (AvgIpc) is 2.39. The molecule has 0 saturated heterocycles. The van der Waals surface area contributed by atoms with E-state index >= 15 is 0 Å². The molecular weight excluding hydrogens is 228 g/mol. The number of carbonyl (C=O) groups is 1. The molecule has 2 rings (SSSR count). The van der Waals surface area contributed by atoms with Crippen LogP contribution in [0.2, 0.25) is 0 Å². The Morgan fingerprint density at radius 2 is 1.94 bits per heavy atom. The molecule has 0 heterocycles. The molecule has 0 aliphatic heterocycles. The summed E-state index contributed by atoms with van der Waals surface area (Å²) in [6.45, 7) is 0. The number of aliphatic carboxylic acids is 1. The standard InChI is InChI=1S/C15H20O3/c1-18-14-5-3-2-4-13(14)12-8-6-11(7-9-12)10-15(16)17/h2-5,11-12H,6-10H2,1H3,(H,16,17). The van der Waals surface area contributed by atoms with Crippen LogP contribution in [0.5, 0.6) is 5.75 Å². The first kappa shape index (κ1) is 12.9. The minimum atomic E-state index is -0.671. The van der Waals surface area contributed by atoms with Gasteiger partial charge in [0.15, 0.2) is 0 Å². The van der Waals surface area contributed by atoms with Crippen molar-refractivity contribution >= 4 is 5.97 Å². The third-order valence-electron chi connectivity index (χ3n) is 3.89. The molecule has 1 aliphatic rings. The molecule has 0 spiro atoms. The fourth-order valence-corrected chi connectivity index (χ4v) is 2.93.